The number of fused-ring (bicyclic) bond motifs is 3. The third-order valence-corrected chi connectivity index (χ3v) is 11.8. The van der Waals surface area contributed by atoms with Gasteiger partial charge in [0.05, 0.1) is 0 Å². The second kappa shape index (κ2) is 12.5. The second-order valence-corrected chi connectivity index (χ2v) is 14.3. The average molecular weight is 619 g/mol. The Hall–Kier alpha value is -5.29. The van der Waals surface area contributed by atoms with Gasteiger partial charge in [-0.2, -0.15) is 0 Å². The van der Waals surface area contributed by atoms with Crippen molar-refractivity contribution in [2.45, 2.75) is 12.8 Å². The van der Waals surface area contributed by atoms with Gasteiger partial charge in [0, 0.05) is 0 Å². The third-order valence-electron chi connectivity index (χ3n) is 9.39. The van der Waals surface area contributed by atoms with E-state index >= 15 is 0 Å². The highest BCUT2D eigenvalue weighted by molar-refractivity contribution is 7.79. The van der Waals surface area contributed by atoms with Gasteiger partial charge in [0.15, 0.2) is 0 Å². The fourth-order valence-electron chi connectivity index (χ4n) is 7.31. The summed E-state index contributed by atoms with van der Waals surface area (Å²) in [4.78, 5) is 0. The maximum absolute atomic E-state index is 4.35. The van der Waals surface area contributed by atoms with Crippen LogP contribution in [0.3, 0.4) is 0 Å². The molecule has 0 atom stereocenters. The van der Waals surface area contributed by atoms with Crippen molar-refractivity contribution in [3.05, 3.63) is 174 Å². The predicted octanol–water partition coefficient (Wildman–Crippen LogP) is 9.73. The van der Waals surface area contributed by atoms with Crippen LogP contribution in [0.5, 0.6) is 0 Å². The van der Waals surface area contributed by atoms with E-state index < -0.39 is 7.92 Å². The zero-order chi connectivity index (χ0) is 31.7. The Balaban J connectivity index is 1.32. The lowest BCUT2D eigenvalue weighted by molar-refractivity contribution is 1.12. The molecule has 0 saturated carbocycles. The quantitative estimate of drug-likeness (QED) is 0.156. The minimum absolute atomic E-state index is 0.668. The van der Waals surface area contributed by atoms with E-state index in [2.05, 4.69) is 165 Å². The smallest absolute Gasteiger partial charge is 0.00205 e. The highest BCUT2D eigenvalue weighted by Gasteiger charge is 2.21. The second-order valence-electron chi connectivity index (χ2n) is 12.1. The van der Waals surface area contributed by atoms with Crippen molar-refractivity contribution in [3.63, 3.8) is 0 Å². The Labute approximate surface area is 278 Å². The summed E-state index contributed by atoms with van der Waals surface area (Å²) in [6, 6.07) is 51.3. The number of hydrogen-bond donors (Lipinski definition) is 0. The van der Waals surface area contributed by atoms with Crippen LogP contribution in [-0.4, -0.2) is 0 Å². The van der Waals surface area contributed by atoms with Crippen molar-refractivity contribution in [2.75, 3.05) is 0 Å². The molecule has 47 heavy (non-hydrogen) atoms. The molecule has 0 radical (unpaired) electrons. The summed E-state index contributed by atoms with van der Waals surface area (Å²) >= 11 is 0. The van der Waals surface area contributed by atoms with Crippen LogP contribution < -0.4 is 26.4 Å². The molecule has 0 nitrogen and oxygen atoms in total. The van der Waals surface area contributed by atoms with Crippen molar-refractivity contribution in [1.29, 1.82) is 0 Å². The SMILES string of the molecule is C=Cc1c(C=C)c(-c2cccc3c2=CCCC=3)c2ccccc2c1-c1ccc2cc(P(c3ccccc3)c3ccccc3)ccc2c1. The van der Waals surface area contributed by atoms with Crippen molar-refractivity contribution in [1.82, 2.24) is 0 Å². The van der Waals surface area contributed by atoms with E-state index in [0.29, 0.717) is 0 Å². The van der Waals surface area contributed by atoms with Crippen LogP contribution in [0, 0.1) is 0 Å². The molecular formula is C46H35P. The molecule has 0 aliphatic heterocycles. The number of hydrogen-bond acceptors (Lipinski definition) is 0. The summed E-state index contributed by atoms with van der Waals surface area (Å²) in [7, 11) is -0.668. The van der Waals surface area contributed by atoms with Gasteiger partial charge in [-0.15, -0.1) is 0 Å². The van der Waals surface area contributed by atoms with Gasteiger partial charge < -0.3 is 0 Å². The van der Waals surface area contributed by atoms with Crippen LogP contribution in [0.4, 0.5) is 0 Å². The van der Waals surface area contributed by atoms with Crippen LogP contribution in [0.15, 0.2) is 153 Å². The molecule has 0 spiro atoms. The van der Waals surface area contributed by atoms with Gasteiger partial charge in [0.1, 0.15) is 0 Å². The molecule has 0 fully saturated rings. The van der Waals surface area contributed by atoms with Gasteiger partial charge in [-0.1, -0.05) is 165 Å². The molecule has 0 amide bonds. The summed E-state index contributed by atoms with van der Waals surface area (Å²) in [6.07, 6.45) is 11.0. The van der Waals surface area contributed by atoms with Crippen LogP contribution in [0.1, 0.15) is 24.0 Å². The lowest BCUT2D eigenvalue weighted by Gasteiger charge is -2.22. The normalized spacial score (nSPS) is 12.4. The van der Waals surface area contributed by atoms with E-state index in [0.717, 1.165) is 24.0 Å². The van der Waals surface area contributed by atoms with Crippen molar-refractivity contribution in [3.8, 4) is 22.3 Å². The molecule has 1 heteroatoms. The summed E-state index contributed by atoms with van der Waals surface area (Å²) < 4.78 is 0. The first-order chi connectivity index (χ1) is 23.2. The van der Waals surface area contributed by atoms with E-state index in [1.807, 2.05) is 12.2 Å². The third kappa shape index (κ3) is 5.16. The molecule has 7 aromatic rings. The number of rotatable bonds is 7. The van der Waals surface area contributed by atoms with Crippen molar-refractivity contribution in [2.24, 2.45) is 0 Å². The zero-order valence-corrected chi connectivity index (χ0v) is 27.3. The Kier molecular flexibility index (Phi) is 7.74. The Morgan fingerprint density at radius 2 is 1.09 bits per heavy atom. The summed E-state index contributed by atoms with van der Waals surface area (Å²) in [5.41, 5.74) is 7.15. The van der Waals surface area contributed by atoms with E-state index in [1.165, 1.54) is 70.1 Å². The van der Waals surface area contributed by atoms with E-state index in [4.69, 9.17) is 0 Å². The van der Waals surface area contributed by atoms with Crippen molar-refractivity contribution >= 4 is 69.7 Å². The van der Waals surface area contributed by atoms with Gasteiger partial charge in [-0.3, -0.25) is 0 Å². The molecule has 1 aliphatic rings. The van der Waals surface area contributed by atoms with Gasteiger partial charge in [0.2, 0.25) is 0 Å². The molecule has 224 valence electrons. The summed E-state index contributed by atoms with van der Waals surface area (Å²) in [5.74, 6) is 0. The van der Waals surface area contributed by atoms with Crippen molar-refractivity contribution < 1.29 is 0 Å². The van der Waals surface area contributed by atoms with Gasteiger partial charge in [-0.05, 0) is 114 Å². The van der Waals surface area contributed by atoms with E-state index in [9.17, 15) is 0 Å². The van der Waals surface area contributed by atoms with Gasteiger partial charge in [-0.25, -0.2) is 0 Å². The summed E-state index contributed by atoms with van der Waals surface area (Å²) in [5, 5.41) is 11.7. The van der Waals surface area contributed by atoms with Gasteiger partial charge >= 0.3 is 0 Å². The van der Waals surface area contributed by atoms with Crippen LogP contribution >= 0.6 is 7.92 Å². The molecule has 8 rings (SSSR count). The molecule has 0 N–H and O–H groups in total. The first kappa shape index (κ1) is 29.1. The monoisotopic (exact) mass is 618 g/mol. The first-order valence-electron chi connectivity index (χ1n) is 16.3. The molecule has 7 aromatic carbocycles. The van der Waals surface area contributed by atoms with Crippen LogP contribution in [0.25, 0.3) is 68.1 Å². The molecule has 0 bridgehead atoms. The minimum atomic E-state index is -0.668. The van der Waals surface area contributed by atoms with E-state index in [-0.39, 0.29) is 0 Å². The highest BCUT2D eigenvalue weighted by atomic mass is 31.1. The highest BCUT2D eigenvalue weighted by Crippen LogP contribution is 2.43. The lowest BCUT2D eigenvalue weighted by Crippen LogP contribution is -2.28. The largest absolute Gasteiger partial charge is 0.0984 e. The first-order valence-corrected chi connectivity index (χ1v) is 17.7. The molecule has 0 heterocycles. The molecule has 0 unspecified atom stereocenters. The molecule has 0 saturated heterocycles. The average Bonchev–Trinajstić information content (AvgIpc) is 3.14. The summed E-state index contributed by atoms with van der Waals surface area (Å²) in [6.45, 7) is 8.69. The fourth-order valence-corrected chi connectivity index (χ4v) is 9.63. The van der Waals surface area contributed by atoms with E-state index in [1.54, 1.807) is 0 Å². The molecule has 1 aliphatic carbocycles. The van der Waals surface area contributed by atoms with Crippen LogP contribution in [-0.2, 0) is 0 Å². The molecular weight excluding hydrogens is 583 g/mol. The lowest BCUT2D eigenvalue weighted by atomic mass is 9.82. The Morgan fingerprint density at radius 3 is 1.79 bits per heavy atom. The molecule has 0 aromatic heterocycles. The Morgan fingerprint density at radius 1 is 0.489 bits per heavy atom. The standard InChI is InChI=1S/C46H35P/c1-3-39-40(4-2)46(42-25-15-17-32-16-11-12-22-41(32)42)44-24-14-13-23-43(44)45(39)35-27-26-34-31-38(29-28-33(34)30-35)47(36-18-7-5-8-19-36)37-20-9-6-10-21-37/h3-10,13-31H,1-2,11-12H2. The fraction of sp³-hybridized carbons (Fsp3) is 0.0435. The predicted molar refractivity (Wildman–Crippen MR) is 209 cm³/mol. The van der Waals surface area contributed by atoms with Crippen LogP contribution in [0.2, 0.25) is 0 Å². The number of benzene rings is 7. The van der Waals surface area contributed by atoms with Gasteiger partial charge in [0.25, 0.3) is 0 Å². The Bertz CT molecular complexity index is 2400. The zero-order valence-electron chi connectivity index (χ0n) is 26.4. The minimum Gasteiger partial charge on any atom is -0.0984 e. The maximum Gasteiger partial charge on any atom is -0.00205 e. The topological polar surface area (TPSA) is 0 Å². The maximum atomic E-state index is 4.35.